The van der Waals surface area contributed by atoms with Crippen LogP contribution in [0.1, 0.15) is 19.4 Å². The summed E-state index contributed by atoms with van der Waals surface area (Å²) in [5, 5.41) is 10.1. The summed E-state index contributed by atoms with van der Waals surface area (Å²) in [6.07, 6.45) is 4.48. The van der Waals surface area contributed by atoms with Crippen molar-refractivity contribution in [2.75, 3.05) is 0 Å². The highest BCUT2D eigenvalue weighted by Gasteiger charge is 2.24. The average molecular weight is 401 g/mol. The minimum absolute atomic E-state index is 0.0354. The van der Waals surface area contributed by atoms with E-state index in [0.29, 0.717) is 11.3 Å². The van der Waals surface area contributed by atoms with Gasteiger partial charge >= 0.3 is 0 Å². The Morgan fingerprint density at radius 1 is 0.931 bits per heavy atom. The molecule has 1 aromatic carbocycles. The van der Waals surface area contributed by atoms with E-state index in [4.69, 9.17) is 0 Å². The number of fused-ring (bicyclic) bond motifs is 1. The summed E-state index contributed by atoms with van der Waals surface area (Å²) in [7, 11) is 0. The maximum Gasteiger partial charge on any atom is 0.174 e. The Hall–Kier alpha value is -3.26. The van der Waals surface area contributed by atoms with E-state index in [2.05, 4.69) is 9.97 Å². The zero-order valence-electron chi connectivity index (χ0n) is 15.4. The Morgan fingerprint density at radius 3 is 2.28 bits per heavy atom. The number of nitrogens with zero attached hydrogens (tertiary/aromatic N) is 3. The maximum atomic E-state index is 14.8. The van der Waals surface area contributed by atoms with Crippen molar-refractivity contribution in [3.63, 3.8) is 0 Å². The molecule has 8 heteroatoms. The van der Waals surface area contributed by atoms with Crippen molar-refractivity contribution in [3.8, 4) is 22.4 Å². The first kappa shape index (κ1) is 19.1. The molecule has 3 aromatic heterocycles. The number of benzene rings is 1. The Kier molecular flexibility index (Phi) is 4.38. The molecule has 0 saturated carbocycles. The molecule has 0 atom stereocenters. The van der Waals surface area contributed by atoms with Crippen LogP contribution in [0.4, 0.5) is 17.6 Å². The molecule has 0 aliphatic rings. The van der Waals surface area contributed by atoms with Gasteiger partial charge in [0.15, 0.2) is 23.1 Å². The molecule has 29 heavy (non-hydrogen) atoms. The fourth-order valence-corrected chi connectivity index (χ4v) is 3.25. The van der Waals surface area contributed by atoms with Crippen LogP contribution in [0.3, 0.4) is 0 Å². The van der Waals surface area contributed by atoms with Crippen molar-refractivity contribution in [2.45, 2.75) is 19.4 Å². The number of pyridine rings is 2. The van der Waals surface area contributed by atoms with E-state index >= 15 is 0 Å². The number of aromatic nitrogens is 3. The Bertz CT molecular complexity index is 1220. The number of hydrogen-bond donors (Lipinski definition) is 1. The van der Waals surface area contributed by atoms with Crippen LogP contribution in [0, 0.1) is 23.3 Å². The monoisotopic (exact) mass is 401 g/mol. The zero-order valence-corrected chi connectivity index (χ0v) is 15.4. The topological polar surface area (TPSA) is 50.4 Å². The predicted octanol–water partition coefficient (Wildman–Crippen LogP) is 4.85. The van der Waals surface area contributed by atoms with Crippen molar-refractivity contribution in [3.05, 3.63) is 77.9 Å². The number of rotatable bonds is 3. The SMILES string of the molecule is CC(C)(O)c1ccn2c(-c3ccc(F)c(-c4c(F)cncc4F)c3)cnc2c1F. The standard InChI is InChI=1S/C21H15F4N3O/c1-21(2,29)13-5-6-28-17(10-27-20(28)19(13)25)11-3-4-14(22)12(7-11)18-15(23)8-26-9-16(18)24/h3-10,29H,1-2H3. The number of hydrogen-bond acceptors (Lipinski definition) is 3. The van der Waals surface area contributed by atoms with Gasteiger partial charge < -0.3 is 5.11 Å². The van der Waals surface area contributed by atoms with E-state index < -0.39 is 34.4 Å². The Labute approximate surface area is 163 Å². The van der Waals surface area contributed by atoms with Crippen molar-refractivity contribution < 1.29 is 22.7 Å². The zero-order chi connectivity index (χ0) is 20.9. The van der Waals surface area contributed by atoms with Crippen LogP contribution in [0.2, 0.25) is 0 Å². The van der Waals surface area contributed by atoms with Gasteiger partial charge in [0.05, 0.1) is 35.4 Å². The molecule has 4 rings (SSSR count). The van der Waals surface area contributed by atoms with Gasteiger partial charge in [-0.3, -0.25) is 9.38 Å². The summed E-state index contributed by atoms with van der Waals surface area (Å²) in [6, 6.07) is 5.16. The number of halogens is 4. The second-order valence-corrected chi connectivity index (χ2v) is 7.11. The van der Waals surface area contributed by atoms with E-state index in [-0.39, 0.29) is 16.8 Å². The van der Waals surface area contributed by atoms with Gasteiger partial charge in [-0.2, -0.15) is 0 Å². The highest BCUT2D eigenvalue weighted by molar-refractivity contribution is 5.74. The van der Waals surface area contributed by atoms with Crippen molar-refractivity contribution in [1.29, 1.82) is 0 Å². The smallest absolute Gasteiger partial charge is 0.174 e. The lowest BCUT2D eigenvalue weighted by Crippen LogP contribution is -2.18. The van der Waals surface area contributed by atoms with Gasteiger partial charge in [-0.1, -0.05) is 0 Å². The molecular weight excluding hydrogens is 386 g/mol. The minimum atomic E-state index is -1.41. The summed E-state index contributed by atoms with van der Waals surface area (Å²) >= 11 is 0. The molecular formula is C21H15F4N3O. The molecule has 0 bridgehead atoms. The molecule has 148 valence electrons. The summed E-state index contributed by atoms with van der Waals surface area (Å²) in [6.45, 7) is 2.91. The summed E-state index contributed by atoms with van der Waals surface area (Å²) in [5.74, 6) is -3.51. The van der Waals surface area contributed by atoms with Gasteiger partial charge in [0.1, 0.15) is 5.82 Å². The lowest BCUT2D eigenvalue weighted by Gasteiger charge is -2.18. The second kappa shape index (κ2) is 6.66. The van der Waals surface area contributed by atoms with Crippen molar-refractivity contribution in [2.24, 2.45) is 0 Å². The van der Waals surface area contributed by atoms with Crippen LogP contribution in [-0.4, -0.2) is 19.5 Å². The second-order valence-electron chi connectivity index (χ2n) is 7.11. The van der Waals surface area contributed by atoms with Crippen LogP contribution in [-0.2, 0) is 5.60 Å². The number of imidazole rings is 1. The molecule has 0 radical (unpaired) electrons. The summed E-state index contributed by atoms with van der Waals surface area (Å²) in [4.78, 5) is 7.46. The summed E-state index contributed by atoms with van der Waals surface area (Å²) in [5.41, 5.74) is -1.43. The van der Waals surface area contributed by atoms with E-state index in [1.807, 2.05) is 0 Å². The van der Waals surface area contributed by atoms with Crippen LogP contribution >= 0.6 is 0 Å². The van der Waals surface area contributed by atoms with Crippen LogP contribution in [0.25, 0.3) is 28.0 Å². The molecule has 0 fully saturated rings. The van der Waals surface area contributed by atoms with Crippen LogP contribution in [0.5, 0.6) is 0 Å². The largest absolute Gasteiger partial charge is 0.386 e. The van der Waals surface area contributed by atoms with Gasteiger partial charge in [-0.25, -0.2) is 22.5 Å². The van der Waals surface area contributed by atoms with E-state index in [9.17, 15) is 22.7 Å². The quantitative estimate of drug-likeness (QED) is 0.500. The van der Waals surface area contributed by atoms with Crippen LogP contribution < -0.4 is 0 Å². The molecule has 0 aliphatic carbocycles. The van der Waals surface area contributed by atoms with Crippen molar-refractivity contribution >= 4 is 5.65 Å². The summed E-state index contributed by atoms with van der Waals surface area (Å²) < 4.78 is 58.8. The highest BCUT2D eigenvalue weighted by atomic mass is 19.1. The predicted molar refractivity (Wildman–Crippen MR) is 98.9 cm³/mol. The van der Waals surface area contributed by atoms with Crippen LogP contribution in [0.15, 0.2) is 49.1 Å². The molecule has 4 aromatic rings. The minimum Gasteiger partial charge on any atom is -0.386 e. The maximum absolute atomic E-state index is 14.8. The third-order valence-corrected chi connectivity index (χ3v) is 4.66. The van der Waals surface area contributed by atoms with Gasteiger partial charge in [0.25, 0.3) is 0 Å². The molecule has 3 heterocycles. The fraction of sp³-hybridized carbons (Fsp3) is 0.143. The molecule has 0 unspecified atom stereocenters. The van der Waals surface area contributed by atoms with Gasteiger partial charge in [0.2, 0.25) is 0 Å². The number of aliphatic hydroxyl groups is 1. The molecule has 1 N–H and O–H groups in total. The molecule has 4 nitrogen and oxygen atoms in total. The average Bonchev–Trinajstić information content (AvgIpc) is 3.07. The lowest BCUT2D eigenvalue weighted by molar-refractivity contribution is 0.0746. The van der Waals surface area contributed by atoms with Gasteiger partial charge in [-0.05, 0) is 38.1 Å². The fourth-order valence-electron chi connectivity index (χ4n) is 3.25. The molecule has 0 amide bonds. The van der Waals surface area contributed by atoms with E-state index in [0.717, 1.165) is 18.5 Å². The first-order valence-corrected chi connectivity index (χ1v) is 8.66. The Balaban J connectivity index is 1.91. The lowest BCUT2D eigenvalue weighted by atomic mass is 9.99. The third-order valence-electron chi connectivity index (χ3n) is 4.66. The highest BCUT2D eigenvalue weighted by Crippen LogP contribution is 2.33. The van der Waals surface area contributed by atoms with Gasteiger partial charge in [0, 0.05) is 22.9 Å². The first-order valence-electron chi connectivity index (χ1n) is 8.66. The molecule has 0 saturated heterocycles. The van der Waals surface area contributed by atoms with E-state index in [1.165, 1.54) is 48.8 Å². The Morgan fingerprint density at radius 2 is 1.62 bits per heavy atom. The third kappa shape index (κ3) is 3.15. The molecule has 0 aliphatic heterocycles. The van der Waals surface area contributed by atoms with E-state index in [1.54, 1.807) is 0 Å². The normalized spacial score (nSPS) is 12.0. The van der Waals surface area contributed by atoms with Crippen molar-refractivity contribution in [1.82, 2.24) is 14.4 Å². The first-order chi connectivity index (χ1) is 13.7. The molecule has 0 spiro atoms. The van der Waals surface area contributed by atoms with Gasteiger partial charge in [-0.15, -0.1) is 0 Å².